The molecule has 4 aromatic rings. The van der Waals surface area contributed by atoms with Crippen LogP contribution in [0, 0.1) is 0 Å². The average Bonchev–Trinajstić information content (AvgIpc) is 1.68. The second-order valence-corrected chi connectivity index (χ2v) is 24.9. The summed E-state index contributed by atoms with van der Waals surface area (Å²) in [4.78, 5) is 159. The molecule has 1 fully saturated rings. The Balaban J connectivity index is 0.0000212. The van der Waals surface area contributed by atoms with E-state index >= 15 is 4.79 Å². The SMILES string of the molecule is C[C@@H](O)[C@H](NC(=O)[C@H](CCCCN)NC(=O)[C@@H](Cc1c[nH]c2ccccc12)NC(=O)[C@H](Cc1ccc(O)cc1)NC(=O)[C@H](CS)NC(=O)[C@@H](Cc1ccccc1)NC(=O)CN1CCN(CC(=O)[O-])CCN(CC(=O)[O-])CCN(CC(=O)[O-])CC1)C(=O)N[C@@H](CS)C(=O)N[C@H](CO)[C@@H](C)O.[68Ga+3]. The van der Waals surface area contributed by atoms with E-state index < -0.39 is 158 Å². The number of aliphatic carboxylic acids is 3. The van der Waals surface area contributed by atoms with Crippen molar-refractivity contribution in [2.75, 3.05) is 103 Å². The third kappa shape index (κ3) is 29.0. The third-order valence-electron chi connectivity index (χ3n) is 16.4. The summed E-state index contributed by atoms with van der Waals surface area (Å²) >= 11 is 8.57. The van der Waals surface area contributed by atoms with Gasteiger partial charge in [-0.15, -0.1) is 0 Å². The van der Waals surface area contributed by atoms with E-state index in [-0.39, 0.29) is 128 Å². The van der Waals surface area contributed by atoms with Crippen molar-refractivity contribution in [3.63, 3.8) is 0 Å². The van der Waals surface area contributed by atoms with Gasteiger partial charge in [-0.3, -0.25) is 58.0 Å². The Morgan fingerprint density at radius 3 is 1.38 bits per heavy atom. The van der Waals surface area contributed by atoms with E-state index in [1.165, 1.54) is 52.8 Å². The molecule has 0 saturated carbocycles. The molecule has 1 aliphatic heterocycles. The van der Waals surface area contributed by atoms with Gasteiger partial charge in [0.25, 0.3) is 0 Å². The average molecular weight is 1490 g/mol. The summed E-state index contributed by atoms with van der Waals surface area (Å²) in [5.74, 6) is -12.2. The summed E-state index contributed by atoms with van der Waals surface area (Å²) in [7, 11) is 0. The maximum absolute atomic E-state index is 15.0. The van der Waals surface area contributed by atoms with Gasteiger partial charge in [-0.05, 0) is 74.5 Å². The number of carbonyl (C=O) groups excluding carboxylic acids is 11. The van der Waals surface area contributed by atoms with Gasteiger partial charge >= 0.3 is 19.8 Å². The fourth-order valence-corrected chi connectivity index (χ4v) is 11.3. The number of aliphatic hydroxyl groups excluding tert-OH is 3. The van der Waals surface area contributed by atoms with Crippen LogP contribution in [0.2, 0.25) is 0 Å². The first-order valence-corrected chi connectivity index (χ1v) is 33.6. The van der Waals surface area contributed by atoms with Crippen LogP contribution in [-0.4, -0.2) is 294 Å². The van der Waals surface area contributed by atoms with Gasteiger partial charge in [-0.2, -0.15) is 25.3 Å². The van der Waals surface area contributed by atoms with E-state index in [1.54, 1.807) is 65.7 Å². The quantitative estimate of drug-likeness (QED) is 0.0113. The molecule has 1 saturated heterocycles. The molecule has 2 heterocycles. The minimum absolute atomic E-state index is 0. The molecule has 1 aromatic heterocycles. The molecule has 8 amide bonds. The Kier molecular flexibility index (Phi) is 37.0. The molecule has 544 valence electrons. The number of aromatic amines is 1. The Morgan fingerprint density at radius 1 is 0.500 bits per heavy atom. The van der Waals surface area contributed by atoms with E-state index in [1.807, 2.05) is 0 Å². The second kappa shape index (κ2) is 43.8. The topological polar surface area (TPSA) is 489 Å². The minimum atomic E-state index is -1.73. The van der Waals surface area contributed by atoms with E-state index in [0.29, 0.717) is 34.0 Å². The zero-order chi connectivity index (χ0) is 72.7. The van der Waals surface area contributed by atoms with Crippen molar-refractivity contribution in [2.24, 2.45) is 5.73 Å². The van der Waals surface area contributed by atoms with Crippen molar-refractivity contribution in [1.29, 1.82) is 0 Å². The fraction of sp³-hybridized carbons (Fsp3) is 0.523. The molecule has 5 rings (SSSR count). The smallest absolute Gasteiger partial charge is 0.549 e. The number of thiol groups is 2. The zero-order valence-electron chi connectivity index (χ0n) is 55.8. The largest absolute Gasteiger partial charge is 3.00 e. The molecule has 100 heavy (non-hydrogen) atoms. The maximum Gasteiger partial charge on any atom is 3.00 e. The number of nitrogens with zero attached hydrogens (tertiary/aromatic N) is 4. The number of nitrogens with one attached hydrogen (secondary N) is 9. The van der Waals surface area contributed by atoms with Gasteiger partial charge in [0.2, 0.25) is 47.3 Å². The first-order valence-electron chi connectivity index (χ1n) is 32.4. The number of hydrogen-bond acceptors (Lipinski definition) is 25. The van der Waals surface area contributed by atoms with E-state index in [0.717, 1.165) is 0 Å². The van der Waals surface area contributed by atoms with Crippen molar-refractivity contribution in [3.8, 4) is 5.75 Å². The van der Waals surface area contributed by atoms with Crippen LogP contribution < -0.4 is 63.6 Å². The van der Waals surface area contributed by atoms with Gasteiger partial charge in [-0.1, -0.05) is 60.7 Å². The molecule has 10 atom stereocenters. The summed E-state index contributed by atoms with van der Waals surface area (Å²) in [6.45, 7) is 0.467. The number of H-pyrrole nitrogens is 1. The molecule has 0 aliphatic carbocycles. The summed E-state index contributed by atoms with van der Waals surface area (Å²) in [6.07, 6.45) is -1.24. The number of aromatic nitrogens is 1. The van der Waals surface area contributed by atoms with Crippen molar-refractivity contribution in [1.82, 2.24) is 67.1 Å². The summed E-state index contributed by atoms with van der Waals surface area (Å²) in [5.41, 5.74) is 8.01. The van der Waals surface area contributed by atoms with Crippen LogP contribution in [0.25, 0.3) is 10.9 Å². The minimum Gasteiger partial charge on any atom is -0.549 e. The van der Waals surface area contributed by atoms with Crippen molar-refractivity contribution in [3.05, 3.63) is 102 Å². The second-order valence-electron chi connectivity index (χ2n) is 24.2. The van der Waals surface area contributed by atoms with Crippen molar-refractivity contribution < 1.29 is 88.5 Å². The van der Waals surface area contributed by atoms with Gasteiger partial charge in [-0.25, -0.2) is 0 Å². The number of fused-ring (bicyclic) bond motifs is 1. The number of carbonyl (C=O) groups is 11. The summed E-state index contributed by atoms with van der Waals surface area (Å²) < 4.78 is 0. The Morgan fingerprint density at radius 2 is 0.910 bits per heavy atom. The Labute approximate surface area is 602 Å². The molecule has 0 spiro atoms. The normalized spacial score (nSPS) is 16.6. The Hall–Kier alpha value is -7.81. The summed E-state index contributed by atoms with van der Waals surface area (Å²) in [5, 5.41) is 97.4. The van der Waals surface area contributed by atoms with Gasteiger partial charge in [0.1, 0.15) is 48.0 Å². The number of aromatic hydroxyl groups is 1. The molecule has 1 aliphatic rings. The molecule has 0 unspecified atom stereocenters. The number of amides is 8. The molecule has 0 bridgehead atoms. The number of carboxylic acid groups (broad SMARTS) is 3. The molecular formula is C65H91GaN14O18S2. The monoisotopic (exact) mass is 1490 g/mol. The van der Waals surface area contributed by atoms with Crippen molar-refractivity contribution >= 4 is 121 Å². The maximum atomic E-state index is 15.0. The molecule has 32 nitrogen and oxygen atoms in total. The molecule has 15 N–H and O–H groups in total. The van der Waals surface area contributed by atoms with E-state index in [2.05, 4.69) is 72.8 Å². The van der Waals surface area contributed by atoms with Crippen LogP contribution in [0.1, 0.15) is 49.8 Å². The van der Waals surface area contributed by atoms with Gasteiger partial charge in [0.15, 0.2) is 0 Å². The van der Waals surface area contributed by atoms with Crippen LogP contribution in [0.4, 0.5) is 0 Å². The number of phenols is 1. The standard InChI is InChI=1S/C65H94N14O18S2.Ga/c1-39(81)51(36-80)72-64(96)53(38-99)74-65(97)58(40(2)82)75-59(91)47(14-8-9-19-66)69-62(94)50(30-43-31-67-46-13-7-6-12-45(43)46)71-61(93)49(29-42-15-17-44(83)18-16-42)70-63(95)52(37-98)73-60(92)48(28-41-10-4-3-5-11-41)68-54(84)32-76-20-22-77(33-55(85)86)24-26-79(35-57(89)90)27-25-78(23-21-76)34-56(87)88;/h3-7,10-13,15-18,31,39-40,47-53,58,67,80-83,98-99H,8-9,14,19-30,32-38,66H2,1-2H3,(H,68,84)(H,69,94)(H,70,95)(H,71,93)(H,72,96)(H,73,92)(H,74,97)(H,75,91)(H,85,86)(H,87,88)(H,89,90);/q;+3/p-3/t39-,40-,47+,48-,49+,50-,51-,52+,53+,58+;/m1./s1/i;1-2. The zero-order valence-corrected chi connectivity index (χ0v) is 60.0. The first-order chi connectivity index (χ1) is 47.2. The predicted molar refractivity (Wildman–Crippen MR) is 367 cm³/mol. The van der Waals surface area contributed by atoms with Gasteiger partial charge in [0, 0.05) is 120 Å². The van der Waals surface area contributed by atoms with E-state index in [4.69, 9.17) is 5.73 Å². The van der Waals surface area contributed by atoms with Crippen LogP contribution in [-0.2, 0) is 72.0 Å². The van der Waals surface area contributed by atoms with Crippen LogP contribution in [0.15, 0.2) is 85.1 Å². The molecular weight excluding hydrogens is 1400 g/mol. The number of carboxylic acids is 3. The predicted octanol–water partition coefficient (Wildman–Crippen LogP) is -8.39. The van der Waals surface area contributed by atoms with Crippen LogP contribution in [0.3, 0.4) is 0 Å². The van der Waals surface area contributed by atoms with Gasteiger partial charge < -0.3 is 103 Å². The van der Waals surface area contributed by atoms with E-state index in [9.17, 15) is 83.7 Å². The van der Waals surface area contributed by atoms with Crippen molar-refractivity contribution in [2.45, 2.75) is 113 Å². The number of phenolic OH excluding ortho intramolecular Hbond substituents is 1. The number of para-hydroxylation sites is 1. The number of unbranched alkanes of at least 4 members (excludes halogenated alkanes) is 1. The molecule has 0 radical (unpaired) electrons. The first kappa shape index (κ1) is 84.6. The van der Waals surface area contributed by atoms with Crippen LogP contribution >= 0.6 is 25.3 Å². The molecule has 3 aromatic carbocycles. The number of rotatable bonds is 38. The number of nitrogens with two attached hydrogens (primary N) is 1. The number of benzene rings is 3. The van der Waals surface area contributed by atoms with Gasteiger partial charge in [0.05, 0.1) is 49.3 Å². The number of hydrogen-bond donors (Lipinski definition) is 16. The third-order valence-corrected chi connectivity index (χ3v) is 17.1. The fourth-order valence-electron chi connectivity index (χ4n) is 10.8. The van der Waals surface area contributed by atoms with Crippen LogP contribution in [0.5, 0.6) is 5.75 Å². The summed E-state index contributed by atoms with van der Waals surface area (Å²) in [6, 6.07) is 9.57. The Bertz CT molecular complexity index is 3290. The molecule has 35 heteroatoms. The number of aliphatic hydroxyl groups is 3.